The lowest BCUT2D eigenvalue weighted by atomic mass is 9.98. The number of amides is 3. The van der Waals surface area contributed by atoms with Gasteiger partial charge in [0, 0.05) is 23.0 Å². The molecule has 0 aliphatic carbocycles. The van der Waals surface area contributed by atoms with Crippen LogP contribution in [0, 0.1) is 19.3 Å². The fraction of sp³-hybridized carbons (Fsp3) is 0.414. The van der Waals surface area contributed by atoms with Crippen molar-refractivity contribution >= 4 is 36.2 Å². The number of hydrogen-bond donors (Lipinski definition) is 3. The van der Waals surface area contributed by atoms with Gasteiger partial charge in [0.2, 0.25) is 5.91 Å². The number of alkyl carbamates (subject to hydrolysis) is 1. The maximum absolute atomic E-state index is 13.9. The molecule has 0 radical (unpaired) electrons. The maximum atomic E-state index is 13.9. The summed E-state index contributed by atoms with van der Waals surface area (Å²) in [4.78, 5) is 41.8. The van der Waals surface area contributed by atoms with E-state index in [1.807, 2.05) is 45.0 Å². The lowest BCUT2D eigenvalue weighted by molar-refractivity contribution is -0.142. The molecule has 37 heavy (non-hydrogen) atoms. The van der Waals surface area contributed by atoms with Crippen molar-refractivity contribution in [3.8, 4) is 12.3 Å². The number of nitrogens with one attached hydrogen (secondary N) is 2. The average Bonchev–Trinajstić information content (AvgIpc) is 2.85. The first-order chi connectivity index (χ1) is 17.4. The van der Waals surface area contributed by atoms with E-state index in [0.717, 1.165) is 5.56 Å². The Balaban J connectivity index is 2.53. The molecule has 8 heteroatoms. The molecule has 2 N–H and O–H groups in total. The predicted molar refractivity (Wildman–Crippen MR) is 151 cm³/mol. The van der Waals surface area contributed by atoms with Gasteiger partial charge in [0.15, 0.2) is 0 Å². The Bertz CT molecular complexity index is 1140. The van der Waals surface area contributed by atoms with Gasteiger partial charge in [0.05, 0.1) is 0 Å². The summed E-state index contributed by atoms with van der Waals surface area (Å²) in [7, 11) is 0. The molecule has 0 saturated carbocycles. The van der Waals surface area contributed by atoms with E-state index in [-0.39, 0.29) is 17.7 Å². The molecule has 0 bridgehead atoms. The van der Waals surface area contributed by atoms with Crippen molar-refractivity contribution in [1.29, 1.82) is 0 Å². The van der Waals surface area contributed by atoms with Crippen LogP contribution in [0.2, 0.25) is 0 Å². The fourth-order valence-electron chi connectivity index (χ4n) is 3.73. The summed E-state index contributed by atoms with van der Waals surface area (Å²) in [6.45, 7) is 10.9. The number of benzene rings is 2. The highest BCUT2D eigenvalue weighted by Crippen LogP contribution is 2.28. The molecule has 0 fully saturated rings. The van der Waals surface area contributed by atoms with E-state index in [0.29, 0.717) is 23.2 Å². The third kappa shape index (κ3) is 8.29. The number of para-hydroxylation sites is 1. The number of carbonyl (C=O) groups excluding carboxylic acids is 3. The van der Waals surface area contributed by atoms with Crippen LogP contribution in [0.15, 0.2) is 48.5 Å². The normalized spacial score (nSPS) is 13.5. The fourth-order valence-corrected chi connectivity index (χ4v) is 3.97. The Morgan fingerprint density at radius 3 is 2.24 bits per heavy atom. The number of aryl methyl sites for hydroxylation is 1. The monoisotopic (exact) mass is 523 g/mol. The number of ether oxygens (including phenoxy) is 1. The van der Waals surface area contributed by atoms with E-state index in [4.69, 9.17) is 11.2 Å². The van der Waals surface area contributed by atoms with Gasteiger partial charge in [0.1, 0.15) is 17.7 Å². The highest BCUT2D eigenvalue weighted by molar-refractivity contribution is 7.80. The molecule has 3 atom stereocenters. The summed E-state index contributed by atoms with van der Waals surface area (Å²) >= 11 is 4.32. The lowest BCUT2D eigenvalue weighted by Crippen LogP contribution is -2.55. The summed E-state index contributed by atoms with van der Waals surface area (Å²) in [5.41, 5.74) is 2.04. The van der Waals surface area contributed by atoms with E-state index < -0.39 is 29.7 Å². The highest BCUT2D eigenvalue weighted by Gasteiger charge is 2.38. The molecule has 2 rings (SSSR count). The van der Waals surface area contributed by atoms with Gasteiger partial charge in [-0.05, 0) is 70.4 Å². The van der Waals surface area contributed by atoms with Gasteiger partial charge < -0.3 is 20.3 Å². The standard InChI is InChI=1S/C29H37N3O4S/c1-8-20(4)32(27(34)24(18-37)31-28(35)36-29(5,6)7)25(22-16-14-21(9-2)15-17-22)26(33)30-23-13-11-10-12-19(23)3/h2,10-17,20,24-25,37H,8,18H2,1,3-7H3,(H,30,33)(H,31,35). The number of thiol groups is 1. The molecule has 198 valence electrons. The minimum Gasteiger partial charge on any atom is -0.444 e. The molecular formula is C29H37N3O4S. The second kappa shape index (κ2) is 13.2. The van der Waals surface area contributed by atoms with Crippen LogP contribution in [0.4, 0.5) is 10.5 Å². The maximum Gasteiger partial charge on any atom is 0.408 e. The Hall–Kier alpha value is -3.44. The zero-order valence-electron chi connectivity index (χ0n) is 22.4. The summed E-state index contributed by atoms with van der Waals surface area (Å²) in [6.07, 6.45) is 5.37. The van der Waals surface area contributed by atoms with E-state index >= 15 is 0 Å². The van der Waals surface area contributed by atoms with Crippen LogP contribution in [0.3, 0.4) is 0 Å². The number of carbonyl (C=O) groups is 3. The molecule has 0 heterocycles. The van der Waals surface area contributed by atoms with Crippen molar-refractivity contribution in [2.24, 2.45) is 0 Å². The van der Waals surface area contributed by atoms with Crippen LogP contribution in [0.1, 0.15) is 63.8 Å². The van der Waals surface area contributed by atoms with Crippen molar-refractivity contribution in [2.45, 2.75) is 71.7 Å². The molecule has 0 aliphatic heterocycles. The van der Waals surface area contributed by atoms with E-state index in [1.54, 1.807) is 45.0 Å². The third-order valence-corrected chi connectivity index (χ3v) is 6.18. The Labute approximate surface area is 225 Å². The minimum absolute atomic E-state index is 0.0210. The summed E-state index contributed by atoms with van der Waals surface area (Å²) in [5.74, 6) is 1.77. The molecule has 0 saturated heterocycles. The largest absolute Gasteiger partial charge is 0.444 e. The van der Waals surface area contributed by atoms with E-state index in [2.05, 4.69) is 29.2 Å². The first kappa shape index (κ1) is 29.8. The zero-order valence-corrected chi connectivity index (χ0v) is 23.3. The second-order valence-electron chi connectivity index (χ2n) is 9.86. The Kier molecular flexibility index (Phi) is 10.6. The highest BCUT2D eigenvalue weighted by atomic mass is 32.1. The topological polar surface area (TPSA) is 87.7 Å². The van der Waals surface area contributed by atoms with Gasteiger partial charge in [-0.1, -0.05) is 43.2 Å². The first-order valence-corrected chi connectivity index (χ1v) is 12.9. The molecule has 7 nitrogen and oxygen atoms in total. The molecule has 0 spiro atoms. The van der Waals surface area contributed by atoms with Gasteiger partial charge in [-0.3, -0.25) is 9.59 Å². The number of hydrogen-bond acceptors (Lipinski definition) is 5. The second-order valence-corrected chi connectivity index (χ2v) is 10.2. The van der Waals surface area contributed by atoms with Crippen molar-refractivity contribution < 1.29 is 19.1 Å². The number of anilines is 1. The van der Waals surface area contributed by atoms with Gasteiger partial charge in [0.25, 0.3) is 5.91 Å². The van der Waals surface area contributed by atoms with Crippen molar-refractivity contribution in [3.63, 3.8) is 0 Å². The summed E-state index contributed by atoms with van der Waals surface area (Å²) in [6, 6.07) is 12.0. The molecule has 0 aromatic heterocycles. The van der Waals surface area contributed by atoms with Crippen LogP contribution < -0.4 is 10.6 Å². The zero-order chi connectivity index (χ0) is 27.8. The molecule has 2 aromatic carbocycles. The van der Waals surface area contributed by atoms with Crippen LogP contribution in [-0.2, 0) is 14.3 Å². The first-order valence-electron chi connectivity index (χ1n) is 12.3. The van der Waals surface area contributed by atoms with Crippen LogP contribution >= 0.6 is 12.6 Å². The van der Waals surface area contributed by atoms with Crippen molar-refractivity contribution in [1.82, 2.24) is 10.2 Å². The van der Waals surface area contributed by atoms with E-state index in [1.165, 1.54) is 4.90 Å². The number of terminal acetylenes is 1. The summed E-state index contributed by atoms with van der Waals surface area (Å²) < 4.78 is 5.34. The SMILES string of the molecule is C#Cc1ccc(C(C(=O)Nc2ccccc2C)N(C(=O)C(CS)NC(=O)OC(C)(C)C)C(C)CC)cc1. The molecule has 2 aromatic rings. The minimum atomic E-state index is -1.01. The third-order valence-electron chi connectivity index (χ3n) is 5.81. The molecule has 0 aliphatic rings. The van der Waals surface area contributed by atoms with Crippen molar-refractivity contribution in [3.05, 3.63) is 65.2 Å². The number of nitrogens with zero attached hydrogens (tertiary/aromatic N) is 1. The quantitative estimate of drug-likeness (QED) is 0.315. The smallest absolute Gasteiger partial charge is 0.408 e. The number of rotatable bonds is 9. The predicted octanol–water partition coefficient (Wildman–Crippen LogP) is 5.11. The van der Waals surface area contributed by atoms with Gasteiger partial charge in [-0.15, -0.1) is 6.42 Å². The van der Waals surface area contributed by atoms with Gasteiger partial charge in [-0.25, -0.2) is 4.79 Å². The Morgan fingerprint density at radius 1 is 1.11 bits per heavy atom. The summed E-state index contributed by atoms with van der Waals surface area (Å²) in [5, 5.41) is 5.59. The van der Waals surface area contributed by atoms with Crippen LogP contribution in [-0.4, -0.2) is 46.2 Å². The Morgan fingerprint density at radius 2 is 1.73 bits per heavy atom. The van der Waals surface area contributed by atoms with Gasteiger partial charge >= 0.3 is 6.09 Å². The van der Waals surface area contributed by atoms with Gasteiger partial charge in [-0.2, -0.15) is 12.6 Å². The molecule has 3 unspecified atom stereocenters. The van der Waals surface area contributed by atoms with E-state index in [9.17, 15) is 14.4 Å². The average molecular weight is 524 g/mol. The lowest BCUT2D eigenvalue weighted by Gasteiger charge is -2.38. The van der Waals surface area contributed by atoms with Crippen molar-refractivity contribution in [2.75, 3.05) is 11.1 Å². The van der Waals surface area contributed by atoms with Crippen LogP contribution in [0.25, 0.3) is 0 Å². The molecule has 3 amide bonds. The molecular weight excluding hydrogens is 486 g/mol. The van der Waals surface area contributed by atoms with Crippen LogP contribution in [0.5, 0.6) is 0 Å².